The van der Waals surface area contributed by atoms with Crippen LogP contribution < -0.4 is 16.0 Å². The summed E-state index contributed by atoms with van der Waals surface area (Å²) in [4.78, 5) is 31.7. The third kappa shape index (κ3) is 11.6. The van der Waals surface area contributed by atoms with Crippen molar-refractivity contribution >= 4 is 41.8 Å². The van der Waals surface area contributed by atoms with Crippen molar-refractivity contribution in [1.82, 2.24) is 25.8 Å². The van der Waals surface area contributed by atoms with Crippen molar-refractivity contribution in [3.63, 3.8) is 0 Å². The zero-order valence-electron chi connectivity index (χ0n) is 17.6. The summed E-state index contributed by atoms with van der Waals surface area (Å²) < 4.78 is 5.06. The fourth-order valence-corrected chi connectivity index (χ4v) is 2.66. The van der Waals surface area contributed by atoms with Gasteiger partial charge in [-0.15, -0.1) is 24.0 Å². The fraction of sp³-hybridized carbons (Fsp3) is 0.833. The van der Waals surface area contributed by atoms with Gasteiger partial charge in [0.25, 0.3) is 0 Å². The Bertz CT molecular complexity index is 482. The average molecular weight is 512 g/mol. The SMILES string of the molecule is CCCNC(=O)CN1CCC(NC(=NCC(=O)N(C)C)NCCOC)CC1.I. The molecule has 0 aromatic carbocycles. The zero-order chi connectivity index (χ0) is 20.1. The van der Waals surface area contributed by atoms with Crippen molar-refractivity contribution in [2.45, 2.75) is 32.2 Å². The Morgan fingerprint density at radius 1 is 1.18 bits per heavy atom. The van der Waals surface area contributed by atoms with Crippen LogP contribution in [-0.2, 0) is 14.3 Å². The van der Waals surface area contributed by atoms with Gasteiger partial charge in [-0.25, -0.2) is 4.99 Å². The van der Waals surface area contributed by atoms with Gasteiger partial charge in [0, 0.05) is 53.4 Å². The van der Waals surface area contributed by atoms with E-state index < -0.39 is 0 Å². The molecule has 1 heterocycles. The highest BCUT2D eigenvalue weighted by Gasteiger charge is 2.21. The number of methoxy groups -OCH3 is 1. The second kappa shape index (κ2) is 15.7. The molecule has 3 N–H and O–H groups in total. The molecule has 0 aromatic rings. The molecule has 0 bridgehead atoms. The van der Waals surface area contributed by atoms with E-state index in [0.29, 0.717) is 25.7 Å². The molecule has 0 radical (unpaired) electrons. The first-order chi connectivity index (χ1) is 13.0. The number of rotatable bonds is 10. The van der Waals surface area contributed by atoms with Crippen LogP contribution >= 0.6 is 24.0 Å². The highest BCUT2D eigenvalue weighted by atomic mass is 127. The lowest BCUT2D eigenvalue weighted by molar-refractivity contribution is -0.127. The van der Waals surface area contributed by atoms with E-state index in [0.717, 1.165) is 38.9 Å². The average Bonchev–Trinajstić information content (AvgIpc) is 2.65. The molecule has 1 saturated heterocycles. The van der Waals surface area contributed by atoms with E-state index in [4.69, 9.17) is 4.74 Å². The standard InChI is InChI=1S/C18H36N6O3.HI/c1-5-8-19-16(25)14-24-10-6-15(7-11-24)22-18(20-9-12-27-4)21-13-17(26)23(2)3;/h15H,5-14H2,1-4H3,(H,19,25)(H2,20,21,22);1H. The molecule has 1 aliphatic heterocycles. The number of carbonyl (C=O) groups is 2. The quantitative estimate of drug-likeness (QED) is 0.163. The van der Waals surface area contributed by atoms with Crippen molar-refractivity contribution in [3.8, 4) is 0 Å². The molecule has 0 spiro atoms. The van der Waals surface area contributed by atoms with Crippen molar-refractivity contribution < 1.29 is 14.3 Å². The molecule has 0 saturated carbocycles. The fourth-order valence-electron chi connectivity index (χ4n) is 2.66. The molecule has 2 amide bonds. The van der Waals surface area contributed by atoms with Crippen LogP contribution in [-0.4, -0.2) is 101 Å². The third-order valence-electron chi connectivity index (χ3n) is 4.34. The number of halogens is 1. The van der Waals surface area contributed by atoms with Gasteiger partial charge in [0.2, 0.25) is 11.8 Å². The van der Waals surface area contributed by atoms with Crippen LogP contribution in [0, 0.1) is 0 Å². The van der Waals surface area contributed by atoms with Crippen LogP contribution in [0.4, 0.5) is 0 Å². The Labute approximate surface area is 186 Å². The normalized spacial score (nSPS) is 15.5. The largest absolute Gasteiger partial charge is 0.383 e. The number of piperidine rings is 1. The van der Waals surface area contributed by atoms with Gasteiger partial charge in [0.05, 0.1) is 13.2 Å². The summed E-state index contributed by atoms with van der Waals surface area (Å²) in [5.74, 6) is 0.672. The van der Waals surface area contributed by atoms with Crippen molar-refractivity contribution in [2.75, 3.05) is 67.1 Å². The highest BCUT2D eigenvalue weighted by Crippen LogP contribution is 2.09. The Morgan fingerprint density at radius 3 is 2.43 bits per heavy atom. The summed E-state index contributed by atoms with van der Waals surface area (Å²) in [6, 6.07) is 0.267. The number of guanidine groups is 1. The lowest BCUT2D eigenvalue weighted by atomic mass is 10.1. The van der Waals surface area contributed by atoms with E-state index >= 15 is 0 Å². The molecule has 1 aliphatic rings. The summed E-state index contributed by atoms with van der Waals surface area (Å²) in [5, 5.41) is 9.51. The highest BCUT2D eigenvalue weighted by molar-refractivity contribution is 14.0. The molecule has 28 heavy (non-hydrogen) atoms. The van der Waals surface area contributed by atoms with Gasteiger partial charge >= 0.3 is 0 Å². The lowest BCUT2D eigenvalue weighted by Crippen LogP contribution is -2.50. The van der Waals surface area contributed by atoms with Crippen LogP contribution in [0.25, 0.3) is 0 Å². The number of aliphatic imine (C=N–C) groups is 1. The molecule has 0 aliphatic carbocycles. The first-order valence-corrected chi connectivity index (χ1v) is 9.69. The van der Waals surface area contributed by atoms with Crippen LogP contribution in [0.5, 0.6) is 0 Å². The molecule has 0 unspecified atom stereocenters. The van der Waals surface area contributed by atoms with E-state index in [1.54, 1.807) is 21.2 Å². The number of hydrogen-bond acceptors (Lipinski definition) is 5. The Balaban J connectivity index is 0.00000729. The van der Waals surface area contributed by atoms with E-state index in [9.17, 15) is 9.59 Å². The topological polar surface area (TPSA) is 98.3 Å². The van der Waals surface area contributed by atoms with E-state index in [-0.39, 0.29) is 48.4 Å². The predicted octanol–water partition coefficient (Wildman–Crippen LogP) is -0.135. The molecule has 0 atom stereocenters. The van der Waals surface area contributed by atoms with Gasteiger partial charge in [-0.1, -0.05) is 6.92 Å². The van der Waals surface area contributed by atoms with Crippen LogP contribution in [0.15, 0.2) is 4.99 Å². The van der Waals surface area contributed by atoms with Crippen molar-refractivity contribution in [2.24, 2.45) is 4.99 Å². The summed E-state index contributed by atoms with van der Waals surface area (Å²) in [7, 11) is 5.08. The molecule has 164 valence electrons. The number of likely N-dealkylation sites (N-methyl/N-ethyl adjacent to an activating group) is 1. The van der Waals surface area contributed by atoms with Gasteiger partial charge < -0.3 is 25.6 Å². The van der Waals surface area contributed by atoms with Gasteiger partial charge in [0.15, 0.2) is 5.96 Å². The molecule has 1 rings (SSSR count). The maximum atomic E-state index is 11.8. The minimum absolute atomic E-state index is 0. The Kier molecular flexibility index (Phi) is 15.1. The van der Waals surface area contributed by atoms with E-state index in [2.05, 4.69) is 25.8 Å². The minimum Gasteiger partial charge on any atom is -0.383 e. The summed E-state index contributed by atoms with van der Waals surface area (Å²) in [6.45, 7) is 6.24. The first kappa shape index (κ1) is 26.9. The second-order valence-corrected chi connectivity index (χ2v) is 6.92. The summed E-state index contributed by atoms with van der Waals surface area (Å²) in [6.07, 6.45) is 2.80. The molecule has 9 nitrogen and oxygen atoms in total. The smallest absolute Gasteiger partial charge is 0.243 e. The Morgan fingerprint density at radius 2 is 1.86 bits per heavy atom. The third-order valence-corrected chi connectivity index (χ3v) is 4.34. The first-order valence-electron chi connectivity index (χ1n) is 9.69. The lowest BCUT2D eigenvalue weighted by Gasteiger charge is -2.32. The van der Waals surface area contributed by atoms with Crippen molar-refractivity contribution in [1.29, 1.82) is 0 Å². The van der Waals surface area contributed by atoms with E-state index in [1.807, 2.05) is 6.92 Å². The van der Waals surface area contributed by atoms with Gasteiger partial charge in [0.1, 0.15) is 6.54 Å². The maximum absolute atomic E-state index is 11.8. The number of nitrogens with one attached hydrogen (secondary N) is 3. The molecule has 0 aromatic heterocycles. The maximum Gasteiger partial charge on any atom is 0.243 e. The van der Waals surface area contributed by atoms with Gasteiger partial charge in [-0.2, -0.15) is 0 Å². The summed E-state index contributed by atoms with van der Waals surface area (Å²) in [5.41, 5.74) is 0. The number of hydrogen-bond donors (Lipinski definition) is 3. The second-order valence-electron chi connectivity index (χ2n) is 6.92. The molecular formula is C18H37IN6O3. The predicted molar refractivity (Wildman–Crippen MR) is 122 cm³/mol. The van der Waals surface area contributed by atoms with Crippen LogP contribution in [0.3, 0.4) is 0 Å². The number of amides is 2. The zero-order valence-corrected chi connectivity index (χ0v) is 20.0. The van der Waals surface area contributed by atoms with Crippen LogP contribution in [0.1, 0.15) is 26.2 Å². The Hall–Kier alpha value is -1.14. The number of likely N-dealkylation sites (tertiary alicyclic amines) is 1. The van der Waals surface area contributed by atoms with Crippen LogP contribution in [0.2, 0.25) is 0 Å². The number of nitrogens with zero attached hydrogens (tertiary/aromatic N) is 3. The van der Waals surface area contributed by atoms with Gasteiger partial charge in [-0.05, 0) is 19.3 Å². The van der Waals surface area contributed by atoms with Crippen molar-refractivity contribution in [3.05, 3.63) is 0 Å². The molecular weight excluding hydrogens is 475 g/mol. The monoisotopic (exact) mass is 512 g/mol. The summed E-state index contributed by atoms with van der Waals surface area (Å²) >= 11 is 0. The van der Waals surface area contributed by atoms with Gasteiger partial charge in [-0.3, -0.25) is 14.5 Å². The molecule has 1 fully saturated rings. The number of ether oxygens (including phenoxy) is 1. The van der Waals surface area contributed by atoms with E-state index in [1.165, 1.54) is 4.90 Å². The number of carbonyl (C=O) groups excluding carboxylic acids is 2. The molecule has 10 heteroatoms. The minimum atomic E-state index is -0.0456.